The highest BCUT2D eigenvalue weighted by molar-refractivity contribution is 4.85. The van der Waals surface area contributed by atoms with Crippen LogP contribution in [0.25, 0.3) is 0 Å². The molecule has 1 aliphatic rings. The van der Waals surface area contributed by atoms with Gasteiger partial charge in [0.05, 0.1) is 0 Å². The Morgan fingerprint density at radius 1 is 0.950 bits per heavy atom. The Hall–Kier alpha value is -0.120. The summed E-state index contributed by atoms with van der Waals surface area (Å²) in [6.07, 6.45) is 6.80. The van der Waals surface area contributed by atoms with Gasteiger partial charge in [-0.2, -0.15) is 0 Å². The Labute approximate surface area is 129 Å². The summed E-state index contributed by atoms with van der Waals surface area (Å²) in [4.78, 5) is 4.51. The zero-order valence-electron chi connectivity index (χ0n) is 15.5. The summed E-state index contributed by atoms with van der Waals surface area (Å²) in [7, 11) is 8.52. The lowest BCUT2D eigenvalue weighted by atomic mass is 9.89. The first-order valence-electron chi connectivity index (χ1n) is 8.57. The minimum Gasteiger partial charge on any atom is -0.312 e. The molecule has 3 nitrogen and oxygen atoms in total. The molecule has 0 heterocycles. The van der Waals surface area contributed by atoms with Crippen LogP contribution >= 0.6 is 0 Å². The van der Waals surface area contributed by atoms with Crippen molar-refractivity contribution < 1.29 is 0 Å². The molecule has 0 aromatic rings. The zero-order chi connectivity index (χ0) is 16.0. The van der Waals surface area contributed by atoms with Gasteiger partial charge in [-0.15, -0.1) is 0 Å². The Kier molecular flexibility index (Phi) is 16.9. The number of hydrogen-bond acceptors (Lipinski definition) is 3. The van der Waals surface area contributed by atoms with Gasteiger partial charge in [0.25, 0.3) is 0 Å². The Balaban J connectivity index is 0. The maximum Gasteiger partial charge on any atom is 0.0243 e. The van der Waals surface area contributed by atoms with Crippen molar-refractivity contribution in [1.82, 2.24) is 15.1 Å². The van der Waals surface area contributed by atoms with E-state index in [0.29, 0.717) is 0 Å². The topological polar surface area (TPSA) is 18.5 Å². The van der Waals surface area contributed by atoms with Gasteiger partial charge in [-0.1, -0.05) is 40.5 Å². The third-order valence-electron chi connectivity index (χ3n) is 3.68. The molecule has 1 aliphatic carbocycles. The average molecular weight is 288 g/mol. The molecule has 0 aromatic carbocycles. The van der Waals surface area contributed by atoms with Crippen molar-refractivity contribution in [3.63, 3.8) is 0 Å². The summed E-state index contributed by atoms with van der Waals surface area (Å²) in [5.41, 5.74) is 0. The molecule has 2 unspecified atom stereocenters. The van der Waals surface area contributed by atoms with E-state index in [-0.39, 0.29) is 0 Å². The Bertz CT molecular complexity index is 181. The van der Waals surface area contributed by atoms with Crippen molar-refractivity contribution in [3.8, 4) is 0 Å². The summed E-state index contributed by atoms with van der Waals surface area (Å²) < 4.78 is 0. The van der Waals surface area contributed by atoms with Crippen LogP contribution in [0, 0.1) is 0 Å². The minimum atomic E-state index is 0.740. The fraction of sp³-hybridized carbons (Fsp3) is 1.00. The first-order chi connectivity index (χ1) is 9.52. The molecule has 0 spiro atoms. The summed E-state index contributed by atoms with van der Waals surface area (Å²) in [6, 6.07) is 1.50. The van der Waals surface area contributed by atoms with Crippen LogP contribution < -0.4 is 5.32 Å². The highest BCUT2D eigenvalue weighted by Crippen LogP contribution is 2.21. The van der Waals surface area contributed by atoms with Gasteiger partial charge in [0, 0.05) is 12.1 Å². The first-order valence-corrected chi connectivity index (χ1v) is 8.57. The van der Waals surface area contributed by atoms with Crippen LogP contribution in [0.1, 0.15) is 59.8 Å². The molecule has 0 radical (unpaired) electrons. The van der Waals surface area contributed by atoms with E-state index in [4.69, 9.17) is 0 Å². The standard InChI is InChI=1S/C11H24N2.C4H11N.C2H6/c1-4-9-12-10-7-5-6-8-11(10)13(2)3;1-4-5(2)3;1-2/h10-12H,4-9H2,1-3H3;4H2,1-3H3;1-2H3. The molecule has 1 rings (SSSR count). The summed E-state index contributed by atoms with van der Waals surface area (Å²) >= 11 is 0. The van der Waals surface area contributed by atoms with E-state index in [1.807, 2.05) is 13.8 Å². The second-order valence-electron chi connectivity index (χ2n) is 5.77. The van der Waals surface area contributed by atoms with Gasteiger partial charge in [-0.3, -0.25) is 0 Å². The fourth-order valence-electron chi connectivity index (χ4n) is 2.30. The van der Waals surface area contributed by atoms with Crippen molar-refractivity contribution in [2.75, 3.05) is 41.3 Å². The molecular weight excluding hydrogens is 246 g/mol. The van der Waals surface area contributed by atoms with E-state index in [1.165, 1.54) is 38.6 Å². The highest BCUT2D eigenvalue weighted by Gasteiger charge is 2.25. The summed E-state index contributed by atoms with van der Waals surface area (Å²) in [5, 5.41) is 3.66. The van der Waals surface area contributed by atoms with Crippen molar-refractivity contribution in [1.29, 1.82) is 0 Å². The van der Waals surface area contributed by atoms with Gasteiger partial charge in [0.2, 0.25) is 0 Å². The largest absolute Gasteiger partial charge is 0.312 e. The molecule has 1 fully saturated rings. The molecule has 20 heavy (non-hydrogen) atoms. The van der Waals surface area contributed by atoms with Crippen LogP contribution in [0.15, 0.2) is 0 Å². The predicted molar refractivity (Wildman–Crippen MR) is 93.6 cm³/mol. The number of hydrogen-bond donors (Lipinski definition) is 1. The van der Waals surface area contributed by atoms with Gasteiger partial charge in [0.15, 0.2) is 0 Å². The second-order valence-corrected chi connectivity index (χ2v) is 5.77. The minimum absolute atomic E-state index is 0.740. The molecular formula is C17H41N3. The molecule has 124 valence electrons. The smallest absolute Gasteiger partial charge is 0.0243 e. The van der Waals surface area contributed by atoms with Crippen molar-refractivity contribution in [2.45, 2.75) is 71.9 Å². The van der Waals surface area contributed by atoms with Crippen molar-refractivity contribution in [3.05, 3.63) is 0 Å². The quantitative estimate of drug-likeness (QED) is 0.835. The lowest BCUT2D eigenvalue weighted by Crippen LogP contribution is -2.49. The van der Waals surface area contributed by atoms with Crippen molar-refractivity contribution >= 4 is 0 Å². The van der Waals surface area contributed by atoms with E-state index in [0.717, 1.165) is 18.6 Å². The number of nitrogens with zero attached hydrogens (tertiary/aromatic N) is 2. The summed E-state index contributed by atoms with van der Waals surface area (Å²) in [6.45, 7) is 10.7. The predicted octanol–water partition coefficient (Wildman–Crippen LogP) is 3.45. The SMILES string of the molecule is CC.CCCNC1CCCCC1N(C)C.CCN(C)C. The fourth-order valence-corrected chi connectivity index (χ4v) is 2.30. The monoisotopic (exact) mass is 287 g/mol. The van der Waals surface area contributed by atoms with Gasteiger partial charge in [-0.05, 0) is 60.5 Å². The normalized spacial score (nSPS) is 21.9. The molecule has 0 bridgehead atoms. The Morgan fingerprint density at radius 2 is 1.45 bits per heavy atom. The Morgan fingerprint density at radius 3 is 1.85 bits per heavy atom. The third kappa shape index (κ3) is 11.7. The van der Waals surface area contributed by atoms with E-state index in [1.54, 1.807) is 0 Å². The van der Waals surface area contributed by atoms with Crippen LogP contribution in [0.5, 0.6) is 0 Å². The number of nitrogens with one attached hydrogen (secondary N) is 1. The lowest BCUT2D eigenvalue weighted by Gasteiger charge is -2.36. The van der Waals surface area contributed by atoms with E-state index >= 15 is 0 Å². The second kappa shape index (κ2) is 15.3. The first kappa shape index (κ1) is 22.2. The van der Waals surface area contributed by atoms with E-state index in [2.05, 4.69) is 57.2 Å². The van der Waals surface area contributed by atoms with Crippen molar-refractivity contribution in [2.24, 2.45) is 0 Å². The maximum absolute atomic E-state index is 3.66. The zero-order valence-corrected chi connectivity index (χ0v) is 15.5. The van der Waals surface area contributed by atoms with Crippen LogP contribution in [0.3, 0.4) is 0 Å². The molecule has 2 atom stereocenters. The average Bonchev–Trinajstić information content (AvgIpc) is 2.48. The van der Waals surface area contributed by atoms with Crippen LogP contribution in [0.4, 0.5) is 0 Å². The molecule has 0 aliphatic heterocycles. The van der Waals surface area contributed by atoms with Crippen LogP contribution in [-0.4, -0.2) is 63.2 Å². The molecule has 0 saturated heterocycles. The third-order valence-corrected chi connectivity index (χ3v) is 3.68. The number of rotatable bonds is 5. The van der Waals surface area contributed by atoms with Gasteiger partial charge >= 0.3 is 0 Å². The van der Waals surface area contributed by atoms with Gasteiger partial charge in [0.1, 0.15) is 0 Å². The van der Waals surface area contributed by atoms with Crippen LogP contribution in [0.2, 0.25) is 0 Å². The number of likely N-dealkylation sites (N-methyl/N-ethyl adjacent to an activating group) is 1. The van der Waals surface area contributed by atoms with E-state index in [9.17, 15) is 0 Å². The molecule has 1 saturated carbocycles. The maximum atomic E-state index is 3.66. The van der Waals surface area contributed by atoms with Gasteiger partial charge in [-0.25, -0.2) is 0 Å². The van der Waals surface area contributed by atoms with Gasteiger partial charge < -0.3 is 15.1 Å². The molecule has 0 aromatic heterocycles. The van der Waals surface area contributed by atoms with E-state index < -0.39 is 0 Å². The molecule has 0 amide bonds. The molecule has 3 heteroatoms. The highest BCUT2D eigenvalue weighted by atomic mass is 15.1. The summed E-state index contributed by atoms with van der Waals surface area (Å²) in [5.74, 6) is 0. The molecule has 1 N–H and O–H groups in total. The lowest BCUT2D eigenvalue weighted by molar-refractivity contribution is 0.177. The van der Waals surface area contributed by atoms with Crippen LogP contribution in [-0.2, 0) is 0 Å².